The Labute approximate surface area is 122 Å². The Morgan fingerprint density at radius 2 is 2.38 bits per heavy atom. The van der Waals surface area contributed by atoms with E-state index in [1.165, 1.54) is 0 Å². The van der Waals surface area contributed by atoms with E-state index in [0.29, 0.717) is 31.1 Å². The van der Waals surface area contributed by atoms with Crippen LogP contribution < -0.4 is 4.90 Å². The Morgan fingerprint density at radius 3 is 3.10 bits per heavy atom. The highest BCUT2D eigenvalue weighted by Crippen LogP contribution is 2.24. The summed E-state index contributed by atoms with van der Waals surface area (Å²) < 4.78 is 10.4. The van der Waals surface area contributed by atoms with Crippen LogP contribution >= 0.6 is 0 Å². The van der Waals surface area contributed by atoms with E-state index in [1.54, 1.807) is 25.3 Å². The number of hydrogen-bond acceptors (Lipinski definition) is 6. The molecule has 2 heterocycles. The Hall–Kier alpha value is -2.15. The molecule has 1 atom stereocenters. The van der Waals surface area contributed by atoms with E-state index in [-0.39, 0.29) is 19.1 Å². The molecule has 21 heavy (non-hydrogen) atoms. The third kappa shape index (κ3) is 3.69. The summed E-state index contributed by atoms with van der Waals surface area (Å²) in [6, 6.07) is 2.94. The zero-order valence-electron chi connectivity index (χ0n) is 11.8. The maximum absolute atomic E-state index is 12.0. The number of morpholine rings is 1. The van der Waals surface area contributed by atoms with Crippen molar-refractivity contribution in [3.05, 3.63) is 23.9 Å². The zero-order chi connectivity index (χ0) is 15.2. The molecule has 1 aliphatic heterocycles. The third-order valence-corrected chi connectivity index (χ3v) is 3.19. The van der Waals surface area contributed by atoms with Crippen LogP contribution in [0.5, 0.6) is 0 Å². The SMILES string of the molecule is CCOC(=O)c1cccnc1N1CCOCC1CC(=O)O. The summed E-state index contributed by atoms with van der Waals surface area (Å²) in [7, 11) is 0. The molecule has 0 aromatic carbocycles. The number of hydrogen-bond donors (Lipinski definition) is 1. The van der Waals surface area contributed by atoms with Gasteiger partial charge >= 0.3 is 11.9 Å². The first kappa shape index (κ1) is 15.2. The van der Waals surface area contributed by atoms with Crippen molar-refractivity contribution in [2.24, 2.45) is 0 Å². The van der Waals surface area contributed by atoms with Crippen LogP contribution in [0, 0.1) is 0 Å². The molecule has 7 nitrogen and oxygen atoms in total. The Morgan fingerprint density at radius 1 is 1.57 bits per heavy atom. The summed E-state index contributed by atoms with van der Waals surface area (Å²) in [6.45, 7) is 3.26. The number of nitrogens with zero attached hydrogens (tertiary/aromatic N) is 2. The van der Waals surface area contributed by atoms with Crippen molar-refractivity contribution >= 4 is 17.8 Å². The van der Waals surface area contributed by atoms with Gasteiger partial charge in [0.05, 0.1) is 32.3 Å². The highest BCUT2D eigenvalue weighted by atomic mass is 16.5. The number of anilines is 1. The van der Waals surface area contributed by atoms with Gasteiger partial charge < -0.3 is 19.5 Å². The fraction of sp³-hybridized carbons (Fsp3) is 0.500. The molecular weight excluding hydrogens is 276 g/mol. The first-order valence-corrected chi connectivity index (χ1v) is 6.81. The van der Waals surface area contributed by atoms with Gasteiger partial charge in [-0.2, -0.15) is 0 Å². The van der Waals surface area contributed by atoms with Crippen molar-refractivity contribution in [3.63, 3.8) is 0 Å². The average Bonchev–Trinajstić information content (AvgIpc) is 2.47. The van der Waals surface area contributed by atoms with Gasteiger partial charge in [0.25, 0.3) is 0 Å². The number of ether oxygens (including phenoxy) is 2. The quantitative estimate of drug-likeness (QED) is 0.808. The third-order valence-electron chi connectivity index (χ3n) is 3.19. The molecule has 0 saturated carbocycles. The largest absolute Gasteiger partial charge is 0.481 e. The molecule has 0 bridgehead atoms. The summed E-state index contributed by atoms with van der Waals surface area (Å²) in [6.07, 6.45) is 1.50. The van der Waals surface area contributed by atoms with Gasteiger partial charge in [-0.25, -0.2) is 9.78 Å². The second-order valence-corrected chi connectivity index (χ2v) is 4.62. The highest BCUT2D eigenvalue weighted by molar-refractivity contribution is 5.95. The molecule has 1 aromatic rings. The summed E-state index contributed by atoms with van der Waals surface area (Å²) >= 11 is 0. The van der Waals surface area contributed by atoms with Crippen LogP contribution in [0.15, 0.2) is 18.3 Å². The Bertz CT molecular complexity index is 520. The fourth-order valence-electron chi connectivity index (χ4n) is 2.30. The van der Waals surface area contributed by atoms with Crippen molar-refractivity contribution in [1.82, 2.24) is 4.98 Å². The lowest BCUT2D eigenvalue weighted by atomic mass is 10.1. The molecule has 0 spiro atoms. The van der Waals surface area contributed by atoms with Crippen molar-refractivity contribution in [2.75, 3.05) is 31.3 Å². The molecular formula is C14H18N2O5. The van der Waals surface area contributed by atoms with Crippen molar-refractivity contribution in [3.8, 4) is 0 Å². The van der Waals surface area contributed by atoms with Crippen molar-refractivity contribution in [1.29, 1.82) is 0 Å². The molecule has 0 aliphatic carbocycles. The monoisotopic (exact) mass is 294 g/mol. The highest BCUT2D eigenvalue weighted by Gasteiger charge is 2.29. The van der Waals surface area contributed by atoms with Crippen LogP contribution in [0.3, 0.4) is 0 Å². The van der Waals surface area contributed by atoms with Gasteiger partial charge in [-0.3, -0.25) is 4.79 Å². The average molecular weight is 294 g/mol. The van der Waals surface area contributed by atoms with E-state index in [9.17, 15) is 9.59 Å². The molecule has 2 rings (SSSR count). The minimum absolute atomic E-state index is 0.0706. The molecule has 1 fully saturated rings. The Balaban J connectivity index is 2.29. The van der Waals surface area contributed by atoms with Crippen LogP contribution in [0.2, 0.25) is 0 Å². The van der Waals surface area contributed by atoms with Crippen LogP contribution in [-0.2, 0) is 14.3 Å². The molecule has 1 unspecified atom stereocenters. The number of aromatic nitrogens is 1. The number of esters is 1. The first-order valence-electron chi connectivity index (χ1n) is 6.81. The number of rotatable bonds is 5. The van der Waals surface area contributed by atoms with E-state index in [2.05, 4.69) is 4.98 Å². The molecule has 1 aromatic heterocycles. The van der Waals surface area contributed by atoms with E-state index >= 15 is 0 Å². The van der Waals surface area contributed by atoms with Gasteiger partial charge in [-0.15, -0.1) is 0 Å². The van der Waals surface area contributed by atoms with Crippen LogP contribution in [-0.4, -0.2) is 54.4 Å². The number of carboxylic acids is 1. The summed E-state index contributed by atoms with van der Waals surface area (Å²) in [5, 5.41) is 9.00. The lowest BCUT2D eigenvalue weighted by Gasteiger charge is -2.36. The number of carbonyl (C=O) groups excluding carboxylic acids is 1. The second-order valence-electron chi connectivity index (χ2n) is 4.62. The number of carbonyl (C=O) groups is 2. The van der Waals surface area contributed by atoms with E-state index in [4.69, 9.17) is 14.6 Å². The van der Waals surface area contributed by atoms with Gasteiger partial charge in [-0.1, -0.05) is 0 Å². The van der Waals surface area contributed by atoms with Gasteiger partial charge in [0, 0.05) is 12.7 Å². The van der Waals surface area contributed by atoms with E-state index in [0.717, 1.165) is 0 Å². The van der Waals surface area contributed by atoms with Gasteiger partial charge in [0.1, 0.15) is 11.4 Å². The maximum atomic E-state index is 12.0. The van der Waals surface area contributed by atoms with Crippen molar-refractivity contribution in [2.45, 2.75) is 19.4 Å². The molecule has 0 amide bonds. The van der Waals surface area contributed by atoms with Gasteiger partial charge in [0.2, 0.25) is 0 Å². The zero-order valence-corrected chi connectivity index (χ0v) is 11.8. The van der Waals surface area contributed by atoms with Gasteiger partial charge in [0.15, 0.2) is 0 Å². The predicted molar refractivity (Wildman–Crippen MR) is 74.4 cm³/mol. The first-order chi connectivity index (χ1) is 10.1. The number of carboxylic acid groups (broad SMARTS) is 1. The summed E-state index contributed by atoms with van der Waals surface area (Å²) in [4.78, 5) is 29.0. The Kier molecular flexibility index (Phi) is 5.10. The predicted octanol–water partition coefficient (Wildman–Crippen LogP) is 0.938. The lowest BCUT2D eigenvalue weighted by Crippen LogP contribution is -2.47. The number of aliphatic carboxylic acids is 1. The fourth-order valence-corrected chi connectivity index (χ4v) is 2.30. The van der Waals surface area contributed by atoms with Gasteiger partial charge in [-0.05, 0) is 19.1 Å². The molecule has 1 saturated heterocycles. The van der Waals surface area contributed by atoms with Crippen molar-refractivity contribution < 1.29 is 24.2 Å². The maximum Gasteiger partial charge on any atom is 0.341 e. The standard InChI is InChI=1S/C14H18N2O5/c1-2-21-14(19)11-4-3-5-15-13(11)16-6-7-20-9-10(16)8-12(17)18/h3-5,10H,2,6-9H2,1H3,(H,17,18). The minimum atomic E-state index is -0.913. The number of pyridine rings is 1. The van der Waals surface area contributed by atoms with Crippen LogP contribution in [0.25, 0.3) is 0 Å². The van der Waals surface area contributed by atoms with E-state index in [1.807, 2.05) is 4.90 Å². The molecule has 1 aliphatic rings. The summed E-state index contributed by atoms with van der Waals surface area (Å²) in [5.74, 6) is -0.921. The molecule has 1 N–H and O–H groups in total. The van der Waals surface area contributed by atoms with E-state index < -0.39 is 11.9 Å². The lowest BCUT2D eigenvalue weighted by molar-refractivity contribution is -0.138. The molecule has 0 radical (unpaired) electrons. The minimum Gasteiger partial charge on any atom is -0.481 e. The topological polar surface area (TPSA) is 89.0 Å². The smallest absolute Gasteiger partial charge is 0.341 e. The molecule has 114 valence electrons. The normalized spacial score (nSPS) is 18.3. The summed E-state index contributed by atoms with van der Waals surface area (Å²) in [5.41, 5.74) is 0.344. The van der Waals surface area contributed by atoms with Crippen LogP contribution in [0.1, 0.15) is 23.7 Å². The molecule has 7 heteroatoms. The second kappa shape index (κ2) is 7.03. The van der Waals surface area contributed by atoms with Crippen LogP contribution in [0.4, 0.5) is 5.82 Å².